The summed E-state index contributed by atoms with van der Waals surface area (Å²) in [4.78, 5) is 20.4. The van der Waals surface area contributed by atoms with Gasteiger partial charge in [-0.1, -0.05) is 24.3 Å². The average Bonchev–Trinajstić information content (AvgIpc) is 3.36. The lowest BCUT2D eigenvalue weighted by Gasteiger charge is -2.22. The summed E-state index contributed by atoms with van der Waals surface area (Å²) in [7, 11) is 1.90. The van der Waals surface area contributed by atoms with E-state index in [1.807, 2.05) is 36.3 Å². The minimum Gasteiger partial charge on any atom is -0.381 e. The maximum atomic E-state index is 12.7. The third-order valence-corrected chi connectivity index (χ3v) is 5.44. The van der Waals surface area contributed by atoms with Crippen LogP contribution in [0.25, 0.3) is 22.2 Å². The fraction of sp³-hybridized carbons (Fsp3) is 0.333. The number of benzene rings is 1. The summed E-state index contributed by atoms with van der Waals surface area (Å²) in [6.45, 7) is 1.42. The molecule has 0 atom stereocenters. The lowest BCUT2D eigenvalue weighted by atomic mass is 10.00. The van der Waals surface area contributed by atoms with E-state index in [1.54, 1.807) is 10.9 Å². The molecule has 8 heteroatoms. The molecule has 148 valence electrons. The SMILES string of the molecule is Cn1cc(-c2ccccc2Cc2nc3c(cnn3C3CCOCC3)c(=O)[nH]2)cn1. The van der Waals surface area contributed by atoms with E-state index < -0.39 is 0 Å². The van der Waals surface area contributed by atoms with E-state index in [2.05, 4.69) is 27.3 Å². The molecule has 0 aliphatic carbocycles. The Kier molecular flexibility index (Phi) is 4.48. The number of nitrogens with one attached hydrogen (secondary N) is 1. The van der Waals surface area contributed by atoms with E-state index in [1.165, 1.54) is 0 Å². The zero-order chi connectivity index (χ0) is 19.8. The number of aromatic nitrogens is 6. The lowest BCUT2D eigenvalue weighted by molar-refractivity contribution is 0.0673. The minimum absolute atomic E-state index is 0.151. The maximum Gasteiger partial charge on any atom is 0.262 e. The monoisotopic (exact) mass is 390 g/mol. The van der Waals surface area contributed by atoms with E-state index in [-0.39, 0.29) is 11.6 Å². The highest BCUT2D eigenvalue weighted by Crippen LogP contribution is 2.26. The minimum atomic E-state index is -0.151. The number of hydrogen-bond acceptors (Lipinski definition) is 5. The molecule has 1 saturated heterocycles. The van der Waals surface area contributed by atoms with Crippen molar-refractivity contribution in [2.75, 3.05) is 13.2 Å². The van der Waals surface area contributed by atoms with Crippen LogP contribution in [-0.2, 0) is 18.2 Å². The molecule has 0 radical (unpaired) electrons. The van der Waals surface area contributed by atoms with Gasteiger partial charge in [0.2, 0.25) is 0 Å². The molecule has 1 fully saturated rings. The van der Waals surface area contributed by atoms with Gasteiger partial charge in [0.25, 0.3) is 5.56 Å². The molecule has 0 saturated carbocycles. The zero-order valence-electron chi connectivity index (χ0n) is 16.2. The molecule has 1 aliphatic rings. The van der Waals surface area contributed by atoms with Crippen LogP contribution in [0.1, 0.15) is 30.3 Å². The van der Waals surface area contributed by atoms with Crippen LogP contribution < -0.4 is 5.56 Å². The highest BCUT2D eigenvalue weighted by molar-refractivity contribution is 5.73. The summed E-state index contributed by atoms with van der Waals surface area (Å²) >= 11 is 0. The van der Waals surface area contributed by atoms with Gasteiger partial charge in [-0.25, -0.2) is 9.67 Å². The van der Waals surface area contributed by atoms with Crippen molar-refractivity contribution in [1.82, 2.24) is 29.5 Å². The molecule has 5 rings (SSSR count). The summed E-state index contributed by atoms with van der Waals surface area (Å²) in [5.41, 5.74) is 3.71. The Hall–Kier alpha value is -3.26. The second kappa shape index (κ2) is 7.29. The van der Waals surface area contributed by atoms with Crippen LogP contribution in [0.15, 0.2) is 47.7 Å². The van der Waals surface area contributed by atoms with Gasteiger partial charge in [0, 0.05) is 38.4 Å². The zero-order valence-corrected chi connectivity index (χ0v) is 16.2. The molecule has 1 aliphatic heterocycles. The molecular weight excluding hydrogens is 368 g/mol. The summed E-state index contributed by atoms with van der Waals surface area (Å²) in [6, 6.07) is 8.34. The van der Waals surface area contributed by atoms with E-state index in [4.69, 9.17) is 9.72 Å². The first-order valence-corrected chi connectivity index (χ1v) is 9.80. The molecule has 1 N–H and O–H groups in total. The normalized spacial score (nSPS) is 15.2. The number of ether oxygens (including phenoxy) is 1. The van der Waals surface area contributed by atoms with Crippen LogP contribution in [0.5, 0.6) is 0 Å². The lowest BCUT2D eigenvalue weighted by Crippen LogP contribution is -2.21. The van der Waals surface area contributed by atoms with Gasteiger partial charge in [-0.15, -0.1) is 0 Å². The van der Waals surface area contributed by atoms with E-state index >= 15 is 0 Å². The molecule has 0 spiro atoms. The largest absolute Gasteiger partial charge is 0.381 e. The topological polar surface area (TPSA) is 90.6 Å². The Morgan fingerprint density at radius 3 is 2.79 bits per heavy atom. The smallest absolute Gasteiger partial charge is 0.262 e. The van der Waals surface area contributed by atoms with Crippen LogP contribution in [0.4, 0.5) is 0 Å². The highest BCUT2D eigenvalue weighted by atomic mass is 16.5. The Labute approximate surface area is 167 Å². The van der Waals surface area contributed by atoms with Gasteiger partial charge in [0.1, 0.15) is 11.2 Å². The average molecular weight is 390 g/mol. The Balaban J connectivity index is 1.54. The van der Waals surface area contributed by atoms with Crippen molar-refractivity contribution in [2.24, 2.45) is 7.05 Å². The predicted molar refractivity (Wildman–Crippen MR) is 109 cm³/mol. The number of hydrogen-bond donors (Lipinski definition) is 1. The molecule has 0 bridgehead atoms. The van der Waals surface area contributed by atoms with Crippen LogP contribution in [0, 0.1) is 0 Å². The second-order valence-corrected chi connectivity index (χ2v) is 7.42. The Bertz CT molecular complexity index is 1220. The Morgan fingerprint density at radius 2 is 2.00 bits per heavy atom. The molecular formula is C21H22N6O2. The molecule has 3 aromatic heterocycles. The van der Waals surface area contributed by atoms with Crippen molar-refractivity contribution >= 4 is 11.0 Å². The van der Waals surface area contributed by atoms with E-state index in [0.29, 0.717) is 36.5 Å². The fourth-order valence-electron chi connectivity index (χ4n) is 3.96. The third kappa shape index (κ3) is 3.36. The molecule has 4 heterocycles. The number of H-pyrrole nitrogens is 1. The molecule has 0 unspecified atom stereocenters. The van der Waals surface area contributed by atoms with Crippen molar-refractivity contribution < 1.29 is 4.74 Å². The maximum absolute atomic E-state index is 12.7. The standard InChI is InChI=1S/C21H22N6O2/c1-26-13-15(11-22-26)17-5-3-2-4-14(17)10-19-24-20-18(21(28)25-19)12-23-27(20)16-6-8-29-9-7-16/h2-5,11-13,16H,6-10H2,1H3,(H,24,25,28). The fourth-order valence-corrected chi connectivity index (χ4v) is 3.96. The molecule has 8 nitrogen and oxygen atoms in total. The first-order valence-electron chi connectivity index (χ1n) is 9.80. The molecule has 0 amide bonds. The van der Waals surface area contributed by atoms with Crippen LogP contribution in [0.2, 0.25) is 0 Å². The summed E-state index contributed by atoms with van der Waals surface area (Å²) < 4.78 is 9.13. The van der Waals surface area contributed by atoms with Crippen LogP contribution in [0.3, 0.4) is 0 Å². The van der Waals surface area contributed by atoms with Crippen molar-refractivity contribution in [3.63, 3.8) is 0 Å². The quantitative estimate of drug-likeness (QED) is 0.578. The summed E-state index contributed by atoms with van der Waals surface area (Å²) in [5, 5.41) is 9.27. The molecule has 29 heavy (non-hydrogen) atoms. The van der Waals surface area contributed by atoms with Gasteiger partial charge in [0.05, 0.1) is 18.4 Å². The third-order valence-electron chi connectivity index (χ3n) is 5.44. The van der Waals surface area contributed by atoms with Gasteiger partial charge >= 0.3 is 0 Å². The second-order valence-electron chi connectivity index (χ2n) is 7.42. The number of aryl methyl sites for hydroxylation is 1. The summed E-state index contributed by atoms with van der Waals surface area (Å²) in [5.74, 6) is 0.632. The Morgan fingerprint density at radius 1 is 1.17 bits per heavy atom. The predicted octanol–water partition coefficient (Wildman–Crippen LogP) is 2.46. The van der Waals surface area contributed by atoms with Gasteiger partial charge in [-0.05, 0) is 24.0 Å². The van der Waals surface area contributed by atoms with Crippen molar-refractivity contribution in [1.29, 1.82) is 0 Å². The van der Waals surface area contributed by atoms with Crippen LogP contribution in [-0.4, -0.2) is 42.7 Å². The van der Waals surface area contributed by atoms with E-state index in [0.717, 1.165) is 29.5 Å². The number of rotatable bonds is 4. The van der Waals surface area contributed by atoms with Crippen molar-refractivity contribution in [3.05, 3.63) is 64.6 Å². The molecule has 1 aromatic carbocycles. The van der Waals surface area contributed by atoms with Gasteiger partial charge < -0.3 is 9.72 Å². The summed E-state index contributed by atoms with van der Waals surface area (Å²) in [6.07, 6.45) is 7.73. The molecule has 4 aromatic rings. The number of aromatic amines is 1. The van der Waals surface area contributed by atoms with Crippen molar-refractivity contribution in [2.45, 2.75) is 25.3 Å². The first-order chi connectivity index (χ1) is 14.2. The van der Waals surface area contributed by atoms with Gasteiger partial charge in [-0.2, -0.15) is 10.2 Å². The van der Waals surface area contributed by atoms with E-state index in [9.17, 15) is 4.79 Å². The van der Waals surface area contributed by atoms with Crippen molar-refractivity contribution in [3.8, 4) is 11.1 Å². The van der Waals surface area contributed by atoms with Gasteiger partial charge in [0.15, 0.2) is 5.65 Å². The van der Waals surface area contributed by atoms with Crippen LogP contribution >= 0.6 is 0 Å². The first kappa shape index (κ1) is 17.8. The highest BCUT2D eigenvalue weighted by Gasteiger charge is 2.21. The number of fused-ring (bicyclic) bond motifs is 1. The van der Waals surface area contributed by atoms with Gasteiger partial charge in [-0.3, -0.25) is 9.48 Å². The number of nitrogens with zero attached hydrogens (tertiary/aromatic N) is 5.